The molecule has 0 radical (unpaired) electrons. The molecule has 0 nitrogen and oxygen atoms in total. The Hall–Kier alpha value is -1.12. The maximum atomic E-state index is 7.55. The summed E-state index contributed by atoms with van der Waals surface area (Å²) in [7, 11) is 0. The van der Waals surface area contributed by atoms with Crippen LogP contribution in [0.2, 0.25) is 15.1 Å². The minimum atomic E-state index is -1.30. The van der Waals surface area contributed by atoms with Gasteiger partial charge in [0.05, 0.1) is 0 Å². The summed E-state index contributed by atoms with van der Waals surface area (Å²) in [6.45, 7) is 0. The molecule has 0 saturated carbocycles. The van der Waals surface area contributed by atoms with Gasteiger partial charge in [0.25, 0.3) is 0 Å². The fraction of sp³-hybridized carbons (Fsp3) is 0.0833. The van der Waals surface area contributed by atoms with Crippen molar-refractivity contribution in [3.05, 3.63) is 115 Å². The van der Waals surface area contributed by atoms with E-state index in [0.29, 0.717) is 59.4 Å². The summed E-state index contributed by atoms with van der Waals surface area (Å²) >= 11 is 41.0. The van der Waals surface area contributed by atoms with E-state index < -0.39 is 4.87 Å². The average Bonchev–Trinajstić information content (AvgIpc) is 2.71. The molecule has 3 aromatic carbocycles. The second-order valence-corrected chi connectivity index (χ2v) is 9.54. The summed E-state index contributed by atoms with van der Waals surface area (Å²) in [5.41, 5.74) is 3.36. The number of rotatable bonds is 3. The highest BCUT2D eigenvalue weighted by molar-refractivity contribution is 6.49. The van der Waals surface area contributed by atoms with E-state index in [1.54, 1.807) is 18.2 Å². The van der Waals surface area contributed by atoms with Crippen LogP contribution in [0.4, 0.5) is 0 Å². The van der Waals surface area contributed by atoms with Gasteiger partial charge in [-0.2, -0.15) is 0 Å². The maximum Gasteiger partial charge on any atom is 0.124 e. The lowest BCUT2D eigenvalue weighted by molar-refractivity contribution is 0.974. The standard InChI is InChI=1S/C24H14Cl6/c25-17-10-4-1-7-14(17)22-20(28)13-21(29)23(15-8-2-5-11-18(15)26)24(22,30)16-9-3-6-12-19(16)27/h1-12H,13H2. The van der Waals surface area contributed by atoms with Crippen molar-refractivity contribution in [3.63, 3.8) is 0 Å². The first-order valence-electron chi connectivity index (χ1n) is 9.07. The molecule has 0 heterocycles. The molecule has 6 heteroatoms. The molecule has 0 bridgehead atoms. The molecule has 3 aromatic rings. The van der Waals surface area contributed by atoms with E-state index in [9.17, 15) is 0 Å². The van der Waals surface area contributed by atoms with Crippen molar-refractivity contribution < 1.29 is 0 Å². The van der Waals surface area contributed by atoms with Crippen molar-refractivity contribution in [2.75, 3.05) is 0 Å². The molecule has 0 aliphatic heterocycles. The monoisotopic (exact) mass is 512 g/mol. The van der Waals surface area contributed by atoms with E-state index in [0.717, 1.165) is 0 Å². The fourth-order valence-electron chi connectivity index (χ4n) is 3.81. The van der Waals surface area contributed by atoms with E-state index in [-0.39, 0.29) is 0 Å². The minimum Gasteiger partial charge on any atom is -0.103 e. The summed E-state index contributed by atoms with van der Waals surface area (Å²) in [5, 5.41) is 2.54. The van der Waals surface area contributed by atoms with Gasteiger partial charge in [-0.15, -0.1) is 11.6 Å². The topological polar surface area (TPSA) is 0 Å². The molecule has 0 unspecified atom stereocenters. The maximum absolute atomic E-state index is 7.55. The summed E-state index contributed by atoms with van der Waals surface area (Å²) < 4.78 is 0. The first-order valence-corrected chi connectivity index (χ1v) is 11.3. The van der Waals surface area contributed by atoms with Crippen LogP contribution >= 0.6 is 69.6 Å². The van der Waals surface area contributed by atoms with Crippen LogP contribution in [0.1, 0.15) is 23.1 Å². The zero-order valence-corrected chi connectivity index (χ0v) is 19.9. The Morgan fingerprint density at radius 3 is 1.37 bits per heavy atom. The Morgan fingerprint density at radius 2 is 0.933 bits per heavy atom. The van der Waals surface area contributed by atoms with E-state index in [1.165, 1.54) is 0 Å². The number of benzene rings is 3. The lowest BCUT2D eigenvalue weighted by atomic mass is 9.74. The molecule has 0 aromatic heterocycles. The van der Waals surface area contributed by atoms with Gasteiger partial charge in [-0.3, -0.25) is 0 Å². The molecule has 0 saturated heterocycles. The highest BCUT2D eigenvalue weighted by Crippen LogP contribution is 2.61. The quantitative estimate of drug-likeness (QED) is 0.305. The number of halogens is 6. The Bertz CT molecular complexity index is 1120. The van der Waals surface area contributed by atoms with E-state index >= 15 is 0 Å². The minimum absolute atomic E-state index is 0.309. The molecular weight excluding hydrogens is 501 g/mol. The van der Waals surface area contributed by atoms with Crippen molar-refractivity contribution in [2.24, 2.45) is 0 Å². The Morgan fingerprint density at radius 1 is 0.533 bits per heavy atom. The molecule has 30 heavy (non-hydrogen) atoms. The van der Waals surface area contributed by atoms with Crippen LogP contribution in [0.25, 0.3) is 11.1 Å². The molecule has 0 spiro atoms. The lowest BCUT2D eigenvalue weighted by Crippen LogP contribution is -2.28. The fourth-order valence-corrected chi connectivity index (χ4v) is 6.12. The molecule has 0 fully saturated rings. The predicted molar refractivity (Wildman–Crippen MR) is 132 cm³/mol. The second kappa shape index (κ2) is 8.79. The molecule has 4 rings (SSSR count). The highest BCUT2D eigenvalue weighted by Gasteiger charge is 2.47. The van der Waals surface area contributed by atoms with Gasteiger partial charge in [0.15, 0.2) is 0 Å². The normalized spacial score (nSPS) is 16.2. The largest absolute Gasteiger partial charge is 0.124 e. The summed E-state index contributed by atoms with van der Waals surface area (Å²) in [6.07, 6.45) is 0.309. The number of hydrogen-bond acceptors (Lipinski definition) is 0. The average molecular weight is 515 g/mol. The molecule has 1 aliphatic carbocycles. The summed E-state index contributed by atoms with van der Waals surface area (Å²) in [5.74, 6) is 0. The summed E-state index contributed by atoms with van der Waals surface area (Å²) in [6, 6.07) is 22.2. The predicted octanol–water partition coefficient (Wildman–Crippen LogP) is 9.78. The summed E-state index contributed by atoms with van der Waals surface area (Å²) in [4.78, 5) is -1.30. The van der Waals surface area contributed by atoms with Crippen molar-refractivity contribution >= 4 is 80.8 Å². The third-order valence-electron chi connectivity index (χ3n) is 5.07. The van der Waals surface area contributed by atoms with Gasteiger partial charge in [0.2, 0.25) is 0 Å². The molecule has 0 amide bonds. The molecule has 0 atom stereocenters. The van der Waals surface area contributed by atoms with Gasteiger partial charge >= 0.3 is 0 Å². The van der Waals surface area contributed by atoms with Crippen molar-refractivity contribution in [3.8, 4) is 0 Å². The Kier molecular flexibility index (Phi) is 6.47. The highest BCUT2D eigenvalue weighted by atomic mass is 35.5. The second-order valence-electron chi connectivity index (χ2n) is 6.83. The van der Waals surface area contributed by atoms with Crippen LogP contribution in [-0.2, 0) is 4.87 Å². The smallest absolute Gasteiger partial charge is 0.103 e. The number of allylic oxidation sites excluding steroid dienone is 4. The first-order chi connectivity index (χ1) is 14.4. The van der Waals surface area contributed by atoms with Crippen molar-refractivity contribution in [1.82, 2.24) is 0 Å². The lowest BCUT2D eigenvalue weighted by Gasteiger charge is -2.39. The van der Waals surface area contributed by atoms with E-state index in [1.807, 2.05) is 54.6 Å². The van der Waals surface area contributed by atoms with Crippen molar-refractivity contribution in [1.29, 1.82) is 0 Å². The molecule has 1 aliphatic rings. The van der Waals surface area contributed by atoms with E-state index in [2.05, 4.69) is 0 Å². The van der Waals surface area contributed by atoms with E-state index in [4.69, 9.17) is 69.6 Å². The Labute approximate surface area is 205 Å². The van der Waals surface area contributed by atoms with Crippen LogP contribution in [-0.4, -0.2) is 0 Å². The van der Waals surface area contributed by atoms with Gasteiger partial charge < -0.3 is 0 Å². The SMILES string of the molecule is ClC1=C(c2ccccc2Cl)C(Cl)(c2ccccc2Cl)C(c2ccccc2Cl)=C(Cl)C1. The van der Waals surface area contributed by atoms with Crippen LogP contribution in [0.15, 0.2) is 82.9 Å². The zero-order valence-electron chi connectivity index (χ0n) is 15.4. The van der Waals surface area contributed by atoms with Crippen LogP contribution in [0.5, 0.6) is 0 Å². The van der Waals surface area contributed by atoms with Crippen LogP contribution in [0, 0.1) is 0 Å². The molecule has 0 N–H and O–H groups in total. The molecular formula is C24H14Cl6. The number of hydrogen-bond donors (Lipinski definition) is 0. The zero-order chi connectivity index (χ0) is 21.5. The van der Waals surface area contributed by atoms with Crippen molar-refractivity contribution in [2.45, 2.75) is 11.3 Å². The molecule has 152 valence electrons. The van der Waals surface area contributed by atoms with Gasteiger partial charge in [-0.25, -0.2) is 0 Å². The third-order valence-corrected chi connectivity index (χ3v) is 7.29. The first kappa shape index (κ1) is 22.1. The van der Waals surface area contributed by atoms with Gasteiger partial charge in [0.1, 0.15) is 4.87 Å². The van der Waals surface area contributed by atoms with Gasteiger partial charge in [-0.05, 0) is 29.3 Å². The third kappa shape index (κ3) is 3.69. The van der Waals surface area contributed by atoms with Gasteiger partial charge in [0, 0.05) is 48.3 Å². The van der Waals surface area contributed by atoms with Crippen LogP contribution < -0.4 is 0 Å². The Balaban J connectivity index is 2.12. The van der Waals surface area contributed by atoms with Gasteiger partial charge in [-0.1, -0.05) is 113 Å². The number of alkyl halides is 1. The van der Waals surface area contributed by atoms with Crippen LogP contribution in [0.3, 0.4) is 0 Å².